The highest BCUT2D eigenvalue weighted by Crippen LogP contribution is 2.36. The molecule has 4 rings (SSSR count). The summed E-state index contributed by atoms with van der Waals surface area (Å²) in [5, 5.41) is 0. The maximum Gasteiger partial charge on any atom is 0.254 e. The van der Waals surface area contributed by atoms with Crippen molar-refractivity contribution in [3.8, 4) is 17.2 Å². The van der Waals surface area contributed by atoms with Gasteiger partial charge >= 0.3 is 0 Å². The summed E-state index contributed by atoms with van der Waals surface area (Å²) in [6.07, 6.45) is 5.80. The van der Waals surface area contributed by atoms with E-state index in [1.165, 1.54) is 0 Å². The van der Waals surface area contributed by atoms with E-state index in [4.69, 9.17) is 23.7 Å². The first-order chi connectivity index (χ1) is 17.7. The van der Waals surface area contributed by atoms with Crippen LogP contribution in [0.2, 0.25) is 0 Å². The zero-order chi connectivity index (χ0) is 25.2. The Morgan fingerprint density at radius 3 is 2.69 bits per heavy atom. The summed E-state index contributed by atoms with van der Waals surface area (Å²) in [6, 6.07) is 13.1. The molecule has 0 saturated carbocycles. The number of hydrogen-bond acceptors (Lipinski definition) is 6. The molecule has 0 aliphatic carbocycles. The first kappa shape index (κ1) is 26.8. The second-order valence-corrected chi connectivity index (χ2v) is 9.81. The Balaban J connectivity index is 1.37. The van der Waals surface area contributed by atoms with Crippen LogP contribution in [-0.4, -0.2) is 62.7 Å². The number of nitrogens with zero attached hydrogens (tertiary/aromatic N) is 1. The van der Waals surface area contributed by atoms with Crippen LogP contribution < -0.4 is 14.2 Å². The molecule has 1 unspecified atom stereocenters. The fraction of sp³-hybridized carbons (Fsp3) is 0.536. The topological polar surface area (TPSA) is 66.5 Å². The minimum atomic E-state index is -0.226. The average molecular weight is 563 g/mol. The van der Waals surface area contributed by atoms with Crippen LogP contribution in [0.25, 0.3) is 0 Å². The number of amides is 1. The SMILES string of the molecule is CCOCCOc1cccc(C(=O)N2CCCC[C@H]2COc2cccc(OC3CCCCO3)c2Br)c1. The Kier molecular flexibility index (Phi) is 10.3. The Morgan fingerprint density at radius 1 is 1.03 bits per heavy atom. The van der Waals surface area contributed by atoms with Gasteiger partial charge in [-0.1, -0.05) is 12.1 Å². The molecule has 2 atom stereocenters. The van der Waals surface area contributed by atoms with Gasteiger partial charge in [0.1, 0.15) is 34.9 Å². The molecule has 0 N–H and O–H groups in total. The van der Waals surface area contributed by atoms with Crippen LogP contribution in [0.4, 0.5) is 0 Å². The van der Waals surface area contributed by atoms with Crippen molar-refractivity contribution in [1.29, 1.82) is 0 Å². The molecule has 2 heterocycles. The quantitative estimate of drug-likeness (QED) is 0.321. The maximum atomic E-state index is 13.4. The van der Waals surface area contributed by atoms with Crippen molar-refractivity contribution in [3.63, 3.8) is 0 Å². The molecular weight excluding hydrogens is 526 g/mol. The molecule has 7 nitrogen and oxygen atoms in total. The number of rotatable bonds is 11. The first-order valence-electron chi connectivity index (χ1n) is 13.0. The van der Waals surface area contributed by atoms with Crippen LogP contribution in [0.3, 0.4) is 0 Å². The lowest BCUT2D eigenvalue weighted by atomic mass is 10.0. The van der Waals surface area contributed by atoms with Gasteiger partial charge < -0.3 is 28.6 Å². The number of likely N-dealkylation sites (tertiary alicyclic amines) is 1. The predicted molar refractivity (Wildman–Crippen MR) is 141 cm³/mol. The van der Waals surface area contributed by atoms with E-state index in [1.54, 1.807) is 0 Å². The lowest BCUT2D eigenvalue weighted by molar-refractivity contribution is -0.106. The Labute approximate surface area is 222 Å². The summed E-state index contributed by atoms with van der Waals surface area (Å²) in [5.41, 5.74) is 0.625. The Bertz CT molecular complexity index is 980. The molecule has 2 saturated heterocycles. The van der Waals surface area contributed by atoms with Crippen molar-refractivity contribution < 1.29 is 28.5 Å². The average Bonchev–Trinajstić information content (AvgIpc) is 2.92. The Hall–Kier alpha value is -2.29. The second kappa shape index (κ2) is 13.9. The largest absolute Gasteiger partial charge is 0.491 e. The zero-order valence-electron chi connectivity index (χ0n) is 21.0. The molecule has 1 amide bonds. The molecule has 196 valence electrons. The minimum absolute atomic E-state index is 0.00385. The lowest BCUT2D eigenvalue weighted by Gasteiger charge is -2.35. The van der Waals surface area contributed by atoms with Crippen LogP contribution in [0.15, 0.2) is 46.9 Å². The van der Waals surface area contributed by atoms with E-state index in [0.717, 1.165) is 49.6 Å². The number of carbonyl (C=O) groups excluding carboxylic acids is 1. The van der Waals surface area contributed by atoms with Crippen molar-refractivity contribution >= 4 is 21.8 Å². The molecule has 36 heavy (non-hydrogen) atoms. The van der Waals surface area contributed by atoms with Gasteiger partial charge in [-0.25, -0.2) is 0 Å². The van der Waals surface area contributed by atoms with Crippen LogP contribution in [0.5, 0.6) is 17.2 Å². The molecule has 0 bridgehead atoms. The second-order valence-electron chi connectivity index (χ2n) is 9.01. The third-order valence-electron chi connectivity index (χ3n) is 6.42. The maximum absolute atomic E-state index is 13.4. The molecule has 2 aromatic rings. The first-order valence-corrected chi connectivity index (χ1v) is 13.8. The standard InChI is InChI=1S/C28H36BrNO6/c1-2-32-17-18-33-23-11-7-9-21(19-23)28(31)30-15-5-3-10-22(30)20-35-24-12-8-13-25(27(24)29)36-26-14-4-6-16-34-26/h7-9,11-13,19,22,26H,2-6,10,14-18,20H2,1H3/t22-,26?/m0/s1. The number of hydrogen-bond donors (Lipinski definition) is 0. The summed E-state index contributed by atoms with van der Waals surface area (Å²) in [6.45, 7) is 5.44. The van der Waals surface area contributed by atoms with Gasteiger partial charge in [-0.3, -0.25) is 4.79 Å². The van der Waals surface area contributed by atoms with E-state index in [-0.39, 0.29) is 18.2 Å². The highest BCUT2D eigenvalue weighted by Gasteiger charge is 2.29. The van der Waals surface area contributed by atoms with E-state index in [2.05, 4.69) is 15.9 Å². The van der Waals surface area contributed by atoms with E-state index in [1.807, 2.05) is 54.3 Å². The van der Waals surface area contributed by atoms with Crippen molar-refractivity contribution in [2.24, 2.45) is 0 Å². The van der Waals surface area contributed by atoms with Gasteiger partial charge in [0.05, 0.1) is 19.3 Å². The number of benzene rings is 2. The van der Waals surface area contributed by atoms with Gasteiger partial charge in [-0.15, -0.1) is 0 Å². The molecule has 0 aromatic heterocycles. The smallest absolute Gasteiger partial charge is 0.254 e. The summed E-state index contributed by atoms with van der Waals surface area (Å²) < 4.78 is 29.8. The summed E-state index contributed by atoms with van der Waals surface area (Å²) in [5.74, 6) is 2.08. The molecule has 2 aliphatic heterocycles. The van der Waals surface area contributed by atoms with Gasteiger partial charge in [-0.2, -0.15) is 0 Å². The van der Waals surface area contributed by atoms with Gasteiger partial charge in [0.15, 0.2) is 6.29 Å². The molecule has 8 heteroatoms. The normalized spacial score (nSPS) is 20.1. The number of carbonyl (C=O) groups is 1. The van der Waals surface area contributed by atoms with E-state index >= 15 is 0 Å². The van der Waals surface area contributed by atoms with Gasteiger partial charge in [0.25, 0.3) is 5.91 Å². The highest BCUT2D eigenvalue weighted by atomic mass is 79.9. The molecule has 2 fully saturated rings. The third kappa shape index (κ3) is 7.37. The van der Waals surface area contributed by atoms with E-state index in [0.29, 0.717) is 55.8 Å². The monoisotopic (exact) mass is 561 g/mol. The third-order valence-corrected chi connectivity index (χ3v) is 7.21. The summed E-state index contributed by atoms with van der Waals surface area (Å²) in [4.78, 5) is 15.4. The van der Waals surface area contributed by atoms with Crippen molar-refractivity contribution in [3.05, 3.63) is 52.5 Å². The highest BCUT2D eigenvalue weighted by molar-refractivity contribution is 9.10. The van der Waals surface area contributed by atoms with Gasteiger partial charge in [0.2, 0.25) is 0 Å². The summed E-state index contributed by atoms with van der Waals surface area (Å²) >= 11 is 3.64. The molecule has 0 radical (unpaired) electrons. The van der Waals surface area contributed by atoms with Crippen LogP contribution in [0.1, 0.15) is 55.8 Å². The number of halogens is 1. The van der Waals surface area contributed by atoms with Crippen molar-refractivity contribution in [1.82, 2.24) is 4.90 Å². The zero-order valence-corrected chi connectivity index (χ0v) is 22.5. The van der Waals surface area contributed by atoms with Crippen molar-refractivity contribution in [2.45, 2.75) is 57.8 Å². The summed E-state index contributed by atoms with van der Waals surface area (Å²) in [7, 11) is 0. The van der Waals surface area contributed by atoms with Crippen LogP contribution in [0, 0.1) is 0 Å². The lowest BCUT2D eigenvalue weighted by Crippen LogP contribution is -2.46. The van der Waals surface area contributed by atoms with Crippen LogP contribution in [-0.2, 0) is 9.47 Å². The van der Waals surface area contributed by atoms with E-state index in [9.17, 15) is 4.79 Å². The molecular formula is C28H36BrNO6. The fourth-order valence-corrected chi connectivity index (χ4v) is 4.99. The molecule has 2 aromatic carbocycles. The number of ether oxygens (including phenoxy) is 5. The Morgan fingerprint density at radius 2 is 1.86 bits per heavy atom. The fourth-order valence-electron chi connectivity index (χ4n) is 4.51. The molecule has 0 spiro atoms. The minimum Gasteiger partial charge on any atom is -0.491 e. The number of piperidine rings is 1. The van der Waals surface area contributed by atoms with E-state index < -0.39 is 0 Å². The van der Waals surface area contributed by atoms with Crippen molar-refractivity contribution in [2.75, 3.05) is 39.6 Å². The van der Waals surface area contributed by atoms with Crippen LogP contribution >= 0.6 is 15.9 Å². The molecule has 2 aliphatic rings. The predicted octanol–water partition coefficient (Wildman–Crippen LogP) is 5.84. The van der Waals surface area contributed by atoms with Gasteiger partial charge in [-0.05, 0) is 85.3 Å². The van der Waals surface area contributed by atoms with Gasteiger partial charge in [0, 0.05) is 25.1 Å².